The minimum Gasteiger partial charge on any atom is -0.465 e. The van der Waals surface area contributed by atoms with Gasteiger partial charge in [0.15, 0.2) is 0 Å². The van der Waals surface area contributed by atoms with Gasteiger partial charge in [0.25, 0.3) is 5.56 Å². The Kier molecular flexibility index (Phi) is 5.83. The lowest BCUT2D eigenvalue weighted by Gasteiger charge is -2.14. The molecule has 0 aliphatic rings. The van der Waals surface area contributed by atoms with Crippen molar-refractivity contribution in [1.29, 1.82) is 0 Å². The molecule has 24 heavy (non-hydrogen) atoms. The van der Waals surface area contributed by atoms with Crippen molar-refractivity contribution in [3.05, 3.63) is 56.2 Å². The summed E-state index contributed by atoms with van der Waals surface area (Å²) < 4.78 is 5.59. The van der Waals surface area contributed by atoms with Gasteiger partial charge >= 0.3 is 11.7 Å². The first-order valence-corrected chi connectivity index (χ1v) is 7.76. The topological polar surface area (TPSA) is 111 Å². The molecule has 0 aliphatic heterocycles. The molecule has 1 aromatic heterocycles. The number of hydrogen-bond acceptors (Lipinski definition) is 7. The zero-order valence-corrected chi connectivity index (χ0v) is 13.9. The first kappa shape index (κ1) is 17.8. The normalized spacial score (nSPS) is 10.5. The van der Waals surface area contributed by atoms with Gasteiger partial charge in [-0.25, -0.2) is 9.59 Å². The second kappa shape index (κ2) is 7.84. The Hall–Kier alpha value is -2.52. The zero-order valence-electron chi connectivity index (χ0n) is 13.1. The second-order valence-electron chi connectivity index (χ2n) is 4.66. The highest BCUT2D eigenvalue weighted by Gasteiger charge is 2.15. The number of aromatic nitrogens is 2. The van der Waals surface area contributed by atoms with Crippen LogP contribution in [0.4, 0.5) is 0 Å². The first-order chi connectivity index (χ1) is 11.5. The standard InChI is InChI=1S/C15H16N2O6S/c1-9-12(19)16-15(21)17(23-7-6-18)13(9)24-11-5-3-4-10(8-11)14(20)22-2/h3-5,8,18H,6-7H2,1-2H3,(H,16,19,21). The molecular weight excluding hydrogens is 336 g/mol. The number of aliphatic hydroxyl groups excluding tert-OH is 1. The van der Waals surface area contributed by atoms with Gasteiger partial charge in [-0.15, -0.1) is 4.73 Å². The number of esters is 1. The first-order valence-electron chi connectivity index (χ1n) is 6.94. The lowest BCUT2D eigenvalue weighted by molar-refractivity contribution is 0.0513. The van der Waals surface area contributed by atoms with E-state index in [1.54, 1.807) is 31.2 Å². The summed E-state index contributed by atoms with van der Waals surface area (Å²) in [5, 5.41) is 9.14. The average Bonchev–Trinajstić information content (AvgIpc) is 2.58. The Morgan fingerprint density at radius 1 is 1.38 bits per heavy atom. The Labute approximate surface area is 141 Å². The van der Waals surface area contributed by atoms with Crippen LogP contribution in [0.15, 0.2) is 43.8 Å². The number of aliphatic hydroxyl groups is 1. The van der Waals surface area contributed by atoms with Gasteiger partial charge in [-0.1, -0.05) is 17.8 Å². The van der Waals surface area contributed by atoms with Gasteiger partial charge in [-0.2, -0.15) is 0 Å². The van der Waals surface area contributed by atoms with Crippen LogP contribution in [-0.4, -0.2) is 41.1 Å². The van der Waals surface area contributed by atoms with Gasteiger partial charge < -0.3 is 14.7 Å². The van der Waals surface area contributed by atoms with E-state index in [-0.39, 0.29) is 23.8 Å². The average molecular weight is 352 g/mol. The maximum atomic E-state index is 11.9. The molecule has 9 heteroatoms. The molecule has 0 amide bonds. The molecule has 0 saturated carbocycles. The van der Waals surface area contributed by atoms with Crippen molar-refractivity contribution in [2.75, 3.05) is 20.3 Å². The third-order valence-corrected chi connectivity index (χ3v) is 4.19. The number of H-pyrrole nitrogens is 1. The molecule has 0 atom stereocenters. The Balaban J connectivity index is 2.47. The van der Waals surface area contributed by atoms with Crippen LogP contribution in [-0.2, 0) is 4.74 Å². The number of nitrogens with zero attached hydrogens (tertiary/aromatic N) is 1. The van der Waals surface area contributed by atoms with Crippen molar-refractivity contribution in [1.82, 2.24) is 9.71 Å². The fourth-order valence-electron chi connectivity index (χ4n) is 1.87. The fourth-order valence-corrected chi connectivity index (χ4v) is 2.89. The summed E-state index contributed by atoms with van der Waals surface area (Å²) in [4.78, 5) is 43.3. The Bertz CT molecular complexity index is 858. The lowest BCUT2D eigenvalue weighted by Crippen LogP contribution is -2.37. The molecule has 1 heterocycles. The van der Waals surface area contributed by atoms with Crippen LogP contribution in [0.25, 0.3) is 0 Å². The maximum absolute atomic E-state index is 11.9. The molecule has 128 valence electrons. The van der Waals surface area contributed by atoms with Crippen molar-refractivity contribution in [2.45, 2.75) is 16.8 Å². The van der Waals surface area contributed by atoms with E-state index < -0.39 is 17.2 Å². The number of carbonyl (C=O) groups is 1. The molecular formula is C15H16N2O6S. The van der Waals surface area contributed by atoms with Crippen LogP contribution in [0, 0.1) is 6.92 Å². The Morgan fingerprint density at radius 3 is 2.79 bits per heavy atom. The SMILES string of the molecule is COC(=O)c1cccc(Sc2c(C)c(=O)[nH]c(=O)n2OCCO)c1. The van der Waals surface area contributed by atoms with Crippen molar-refractivity contribution in [3.63, 3.8) is 0 Å². The zero-order chi connectivity index (χ0) is 17.7. The molecule has 8 nitrogen and oxygen atoms in total. The van der Waals surface area contributed by atoms with E-state index in [9.17, 15) is 14.4 Å². The minimum absolute atomic E-state index is 0.110. The summed E-state index contributed by atoms with van der Waals surface area (Å²) in [7, 11) is 1.28. The molecule has 0 aliphatic carbocycles. The predicted molar refractivity (Wildman–Crippen MR) is 86.5 cm³/mol. The molecule has 2 N–H and O–H groups in total. The summed E-state index contributed by atoms with van der Waals surface area (Å²) in [6.07, 6.45) is 0. The van der Waals surface area contributed by atoms with Crippen LogP contribution in [0.1, 0.15) is 15.9 Å². The number of hydrogen-bond donors (Lipinski definition) is 2. The van der Waals surface area contributed by atoms with E-state index in [2.05, 4.69) is 9.72 Å². The highest BCUT2D eigenvalue weighted by Crippen LogP contribution is 2.28. The maximum Gasteiger partial charge on any atom is 0.362 e. The number of aromatic amines is 1. The molecule has 0 bridgehead atoms. The minimum atomic E-state index is -0.745. The van der Waals surface area contributed by atoms with Crippen molar-refractivity contribution < 1.29 is 19.5 Å². The summed E-state index contributed by atoms with van der Waals surface area (Å²) >= 11 is 1.09. The smallest absolute Gasteiger partial charge is 0.362 e. The van der Waals surface area contributed by atoms with Gasteiger partial charge in [-0.3, -0.25) is 9.78 Å². The third-order valence-electron chi connectivity index (χ3n) is 3.03. The van der Waals surface area contributed by atoms with Gasteiger partial charge in [0.1, 0.15) is 11.6 Å². The third kappa shape index (κ3) is 3.87. The van der Waals surface area contributed by atoms with Crippen molar-refractivity contribution in [3.8, 4) is 0 Å². The molecule has 2 rings (SSSR count). The van der Waals surface area contributed by atoms with Crippen molar-refractivity contribution in [2.24, 2.45) is 0 Å². The van der Waals surface area contributed by atoms with Crippen LogP contribution in [0.2, 0.25) is 0 Å². The van der Waals surface area contributed by atoms with E-state index in [0.717, 1.165) is 16.5 Å². The number of rotatable bonds is 6. The monoisotopic (exact) mass is 352 g/mol. The van der Waals surface area contributed by atoms with E-state index in [1.165, 1.54) is 7.11 Å². The van der Waals surface area contributed by atoms with Crippen LogP contribution < -0.4 is 16.1 Å². The molecule has 0 radical (unpaired) electrons. The van der Waals surface area contributed by atoms with Crippen LogP contribution in [0.3, 0.4) is 0 Å². The quantitative estimate of drug-likeness (QED) is 0.564. The highest BCUT2D eigenvalue weighted by atomic mass is 32.2. The number of nitrogens with one attached hydrogen (secondary N) is 1. The molecule has 0 fully saturated rings. The summed E-state index contributed by atoms with van der Waals surface area (Å²) in [5.74, 6) is -0.492. The Morgan fingerprint density at radius 2 is 2.12 bits per heavy atom. The highest BCUT2D eigenvalue weighted by molar-refractivity contribution is 7.99. The molecule has 0 unspecified atom stereocenters. The van der Waals surface area contributed by atoms with Gasteiger partial charge in [0.2, 0.25) is 0 Å². The molecule has 2 aromatic rings. The van der Waals surface area contributed by atoms with Gasteiger partial charge in [0.05, 0.1) is 19.3 Å². The lowest BCUT2D eigenvalue weighted by atomic mass is 10.2. The van der Waals surface area contributed by atoms with Crippen molar-refractivity contribution >= 4 is 17.7 Å². The summed E-state index contributed by atoms with van der Waals surface area (Å²) in [5.41, 5.74) is -0.655. The van der Waals surface area contributed by atoms with Crippen LogP contribution in [0.5, 0.6) is 0 Å². The number of benzene rings is 1. The largest absolute Gasteiger partial charge is 0.465 e. The predicted octanol–water partition coefficient (Wildman–Crippen LogP) is 0.204. The number of ether oxygens (including phenoxy) is 1. The number of carbonyl (C=O) groups excluding carboxylic acids is 1. The fraction of sp³-hybridized carbons (Fsp3) is 0.267. The van der Waals surface area contributed by atoms with E-state index >= 15 is 0 Å². The van der Waals surface area contributed by atoms with Gasteiger partial charge in [-0.05, 0) is 25.1 Å². The van der Waals surface area contributed by atoms with Crippen LogP contribution >= 0.6 is 11.8 Å². The molecule has 1 aromatic carbocycles. The van der Waals surface area contributed by atoms with Gasteiger partial charge in [0, 0.05) is 10.5 Å². The summed E-state index contributed by atoms with van der Waals surface area (Å²) in [6.45, 7) is 1.15. The van der Waals surface area contributed by atoms with E-state index in [0.29, 0.717) is 10.5 Å². The number of methoxy groups -OCH3 is 1. The molecule has 0 saturated heterocycles. The van der Waals surface area contributed by atoms with E-state index in [4.69, 9.17) is 9.94 Å². The van der Waals surface area contributed by atoms with E-state index in [1.807, 2.05) is 0 Å². The molecule has 0 spiro atoms. The summed E-state index contributed by atoms with van der Waals surface area (Å²) in [6, 6.07) is 6.56. The second-order valence-corrected chi connectivity index (χ2v) is 5.72.